The zero-order valence-corrected chi connectivity index (χ0v) is 23.2. The number of benzene rings is 2. The van der Waals surface area contributed by atoms with Crippen molar-refractivity contribution < 1.29 is 4.79 Å². The van der Waals surface area contributed by atoms with E-state index < -0.39 is 0 Å². The summed E-state index contributed by atoms with van der Waals surface area (Å²) in [5.74, 6) is 0.841. The van der Waals surface area contributed by atoms with E-state index in [0.29, 0.717) is 6.42 Å². The molecule has 0 saturated heterocycles. The fourth-order valence-electron chi connectivity index (χ4n) is 3.96. The summed E-state index contributed by atoms with van der Waals surface area (Å²) < 4.78 is 0. The number of hydrogen-bond donors (Lipinski definition) is 3. The molecule has 1 heterocycles. The van der Waals surface area contributed by atoms with Crippen LogP contribution in [0.3, 0.4) is 0 Å². The normalized spacial score (nSPS) is 12.3. The molecule has 0 amide bonds. The molecule has 3 rings (SSSR count). The Morgan fingerprint density at radius 2 is 1.63 bits per heavy atom. The molecule has 0 saturated carbocycles. The van der Waals surface area contributed by atoms with Gasteiger partial charge in [-0.25, -0.2) is 0 Å². The van der Waals surface area contributed by atoms with Crippen LogP contribution in [0.5, 0.6) is 0 Å². The van der Waals surface area contributed by atoms with Crippen LogP contribution in [0.25, 0.3) is 0 Å². The second-order valence-electron chi connectivity index (χ2n) is 9.06. The number of allylic oxidation sites excluding steroid dienone is 1. The van der Waals surface area contributed by atoms with Crippen molar-refractivity contribution in [2.24, 2.45) is 5.92 Å². The molecule has 0 aromatic heterocycles. The number of halogens is 1. The van der Waals surface area contributed by atoms with Gasteiger partial charge in [-0.2, -0.15) is 0 Å². The van der Waals surface area contributed by atoms with E-state index in [4.69, 9.17) is 11.6 Å². The maximum atomic E-state index is 9.17. The SMILES string of the molecule is CCC=O.CCCCCC(CCC)Cc1ccc2c(c1)NC(C)=CN2.CNCc1ccc(Cl)cc1. The molecule has 0 spiro atoms. The Hall–Kier alpha value is -2.30. The minimum atomic E-state index is 0.639. The average Bonchev–Trinajstić information content (AvgIpc) is 2.86. The van der Waals surface area contributed by atoms with Crippen molar-refractivity contribution in [1.29, 1.82) is 0 Å². The summed E-state index contributed by atoms with van der Waals surface area (Å²) in [5, 5.41) is 10.6. The van der Waals surface area contributed by atoms with Crippen molar-refractivity contribution >= 4 is 29.3 Å². The van der Waals surface area contributed by atoms with Gasteiger partial charge in [-0.15, -0.1) is 0 Å². The number of aldehydes is 1. The standard InChI is InChI=1S/C19H30N2.C8H10ClN.C3H6O/c1-4-6-7-9-16(8-5-2)12-17-10-11-18-19(13-17)21-15(3)14-20-18;1-10-6-7-2-4-8(9)5-3-7;1-2-3-4/h10-11,13-14,16,20-21H,4-9,12H2,1-3H3;2-5,10H,6H2,1H3;3H,2H2,1H3. The van der Waals surface area contributed by atoms with Crippen molar-refractivity contribution in [2.45, 2.75) is 85.6 Å². The topological polar surface area (TPSA) is 53.2 Å². The Kier molecular flexibility index (Phi) is 16.6. The highest BCUT2D eigenvalue weighted by atomic mass is 35.5. The van der Waals surface area contributed by atoms with Crippen molar-refractivity contribution in [3.8, 4) is 0 Å². The predicted molar refractivity (Wildman–Crippen MR) is 154 cm³/mol. The summed E-state index contributed by atoms with van der Waals surface area (Å²) >= 11 is 5.69. The van der Waals surface area contributed by atoms with E-state index in [-0.39, 0.29) is 0 Å². The lowest BCUT2D eigenvalue weighted by molar-refractivity contribution is -0.107. The lowest BCUT2D eigenvalue weighted by Gasteiger charge is -2.21. The van der Waals surface area contributed by atoms with Crippen LogP contribution in [0.2, 0.25) is 5.02 Å². The van der Waals surface area contributed by atoms with Gasteiger partial charge in [-0.05, 0) is 61.7 Å². The van der Waals surface area contributed by atoms with Crippen LogP contribution in [0.15, 0.2) is 54.4 Å². The zero-order chi connectivity index (χ0) is 25.9. The van der Waals surface area contributed by atoms with Gasteiger partial charge in [0.15, 0.2) is 0 Å². The van der Waals surface area contributed by atoms with E-state index in [9.17, 15) is 4.79 Å². The predicted octanol–water partition coefficient (Wildman–Crippen LogP) is 8.58. The number of fused-ring (bicyclic) bond motifs is 1. The molecule has 2 aromatic carbocycles. The number of hydrogen-bond acceptors (Lipinski definition) is 4. The number of carbonyl (C=O) groups excluding carboxylic acids is 1. The van der Waals surface area contributed by atoms with Crippen molar-refractivity contribution in [2.75, 3.05) is 17.7 Å². The monoisotopic (exact) mass is 499 g/mol. The third-order valence-corrected chi connectivity index (χ3v) is 6.01. The van der Waals surface area contributed by atoms with E-state index in [1.54, 1.807) is 0 Å². The fourth-order valence-corrected chi connectivity index (χ4v) is 4.09. The van der Waals surface area contributed by atoms with Gasteiger partial charge in [0, 0.05) is 29.9 Å². The molecular weight excluding hydrogens is 454 g/mol. The number of unbranched alkanes of at least 4 members (excludes halogenated alkanes) is 2. The zero-order valence-electron chi connectivity index (χ0n) is 22.4. The summed E-state index contributed by atoms with van der Waals surface area (Å²) in [4.78, 5) is 9.17. The van der Waals surface area contributed by atoms with Gasteiger partial charge in [0.05, 0.1) is 11.4 Å². The first-order valence-corrected chi connectivity index (χ1v) is 13.5. The molecule has 1 aliphatic rings. The second kappa shape index (κ2) is 19.0. The van der Waals surface area contributed by atoms with Gasteiger partial charge in [0.1, 0.15) is 6.29 Å². The Labute approximate surface area is 218 Å². The van der Waals surface area contributed by atoms with Gasteiger partial charge >= 0.3 is 0 Å². The number of rotatable bonds is 11. The number of nitrogens with one attached hydrogen (secondary N) is 3. The second-order valence-corrected chi connectivity index (χ2v) is 9.50. The van der Waals surface area contributed by atoms with Crippen LogP contribution < -0.4 is 16.0 Å². The molecule has 4 nitrogen and oxygen atoms in total. The molecule has 2 aromatic rings. The van der Waals surface area contributed by atoms with E-state index >= 15 is 0 Å². The molecule has 0 aliphatic carbocycles. The van der Waals surface area contributed by atoms with Crippen molar-refractivity contribution in [3.63, 3.8) is 0 Å². The Morgan fingerprint density at radius 3 is 2.23 bits per heavy atom. The lowest BCUT2D eigenvalue weighted by atomic mass is 9.90. The average molecular weight is 500 g/mol. The summed E-state index contributed by atoms with van der Waals surface area (Å²) in [5.41, 5.74) is 6.30. The maximum absolute atomic E-state index is 9.17. The quantitative estimate of drug-likeness (QED) is 0.214. The van der Waals surface area contributed by atoms with E-state index in [2.05, 4.69) is 54.9 Å². The molecule has 35 heavy (non-hydrogen) atoms. The summed E-state index contributed by atoms with van der Waals surface area (Å²) in [6.07, 6.45) is 12.9. The van der Waals surface area contributed by atoms with E-state index in [1.165, 1.54) is 73.1 Å². The molecule has 1 aliphatic heterocycles. The molecule has 3 N–H and O–H groups in total. The van der Waals surface area contributed by atoms with E-state index in [0.717, 1.165) is 23.8 Å². The van der Waals surface area contributed by atoms with Crippen molar-refractivity contribution in [3.05, 3.63) is 70.5 Å². The number of carbonyl (C=O) groups is 1. The van der Waals surface area contributed by atoms with Crippen LogP contribution >= 0.6 is 11.6 Å². The first-order chi connectivity index (χ1) is 17.0. The van der Waals surface area contributed by atoms with Gasteiger partial charge in [0.2, 0.25) is 0 Å². The Balaban J connectivity index is 0.000000362. The van der Waals surface area contributed by atoms with E-state index in [1.807, 2.05) is 44.4 Å². The Bertz CT molecular complexity index is 864. The van der Waals surface area contributed by atoms with Crippen LogP contribution in [0.4, 0.5) is 11.4 Å². The van der Waals surface area contributed by atoms with Crippen LogP contribution in [0.1, 0.15) is 83.8 Å². The highest BCUT2D eigenvalue weighted by molar-refractivity contribution is 6.30. The summed E-state index contributed by atoms with van der Waals surface area (Å²) in [6.45, 7) is 9.39. The molecule has 1 atom stereocenters. The molecule has 194 valence electrons. The third kappa shape index (κ3) is 13.4. The van der Waals surface area contributed by atoms with Crippen LogP contribution in [0, 0.1) is 5.92 Å². The van der Waals surface area contributed by atoms with Gasteiger partial charge in [-0.3, -0.25) is 0 Å². The molecule has 1 unspecified atom stereocenters. The van der Waals surface area contributed by atoms with Crippen molar-refractivity contribution in [1.82, 2.24) is 5.32 Å². The lowest BCUT2D eigenvalue weighted by Crippen LogP contribution is -2.09. The third-order valence-electron chi connectivity index (χ3n) is 5.76. The smallest absolute Gasteiger partial charge is 0.119 e. The summed E-state index contributed by atoms with van der Waals surface area (Å²) in [7, 11) is 1.93. The highest BCUT2D eigenvalue weighted by Crippen LogP contribution is 2.30. The fraction of sp³-hybridized carbons (Fsp3) is 0.500. The molecule has 0 radical (unpaired) electrons. The minimum Gasteiger partial charge on any atom is -0.358 e. The Morgan fingerprint density at radius 1 is 0.943 bits per heavy atom. The highest BCUT2D eigenvalue weighted by Gasteiger charge is 2.12. The number of anilines is 2. The summed E-state index contributed by atoms with van der Waals surface area (Å²) in [6, 6.07) is 14.6. The van der Waals surface area contributed by atoms with Crippen LogP contribution in [-0.4, -0.2) is 13.3 Å². The first kappa shape index (κ1) is 30.7. The molecule has 0 fully saturated rings. The molecular formula is C30H46ClN3O. The van der Waals surface area contributed by atoms with Gasteiger partial charge in [0.25, 0.3) is 0 Å². The molecule has 0 bridgehead atoms. The van der Waals surface area contributed by atoms with Gasteiger partial charge in [-0.1, -0.05) is 89.1 Å². The minimum absolute atomic E-state index is 0.639. The molecule has 5 heteroatoms. The first-order valence-electron chi connectivity index (χ1n) is 13.1. The van der Waals surface area contributed by atoms with Gasteiger partial charge < -0.3 is 20.7 Å². The maximum Gasteiger partial charge on any atom is 0.119 e. The largest absolute Gasteiger partial charge is 0.358 e. The van der Waals surface area contributed by atoms with Crippen LogP contribution in [-0.2, 0) is 17.8 Å².